The Kier molecular flexibility index (Phi) is 5.63. The van der Waals surface area contributed by atoms with Crippen molar-refractivity contribution in [2.75, 3.05) is 26.7 Å². The van der Waals surface area contributed by atoms with Crippen LogP contribution >= 0.6 is 0 Å². The molecule has 2 fully saturated rings. The minimum absolute atomic E-state index is 0.0597. The summed E-state index contributed by atoms with van der Waals surface area (Å²) in [5, 5.41) is 2.98. The number of hydrogen-bond donors (Lipinski definition) is 1. The van der Waals surface area contributed by atoms with E-state index < -0.39 is 0 Å². The number of nitrogens with one attached hydrogen (secondary N) is 1. The van der Waals surface area contributed by atoms with Gasteiger partial charge in [0.2, 0.25) is 11.8 Å². The molecule has 0 aliphatic carbocycles. The molecule has 152 valence electrons. The zero-order valence-electron chi connectivity index (χ0n) is 17.1. The summed E-state index contributed by atoms with van der Waals surface area (Å²) in [5.74, 6) is 0.477. The van der Waals surface area contributed by atoms with Gasteiger partial charge in [-0.25, -0.2) is 0 Å². The Morgan fingerprint density at radius 1 is 1.18 bits per heavy atom. The zero-order chi connectivity index (χ0) is 20.5. The van der Waals surface area contributed by atoms with Crippen LogP contribution in [0.15, 0.2) is 18.2 Å². The number of aryl methyl sites for hydroxylation is 1. The quantitative estimate of drug-likeness (QED) is 0.857. The van der Waals surface area contributed by atoms with Gasteiger partial charge < -0.3 is 19.9 Å². The zero-order valence-corrected chi connectivity index (χ0v) is 17.1. The number of carbonyl (C=O) groups excluding carboxylic acids is 3. The van der Waals surface area contributed by atoms with Crippen molar-refractivity contribution in [1.82, 2.24) is 15.1 Å². The van der Waals surface area contributed by atoms with Crippen LogP contribution in [0.3, 0.4) is 0 Å². The van der Waals surface area contributed by atoms with E-state index in [0.717, 1.165) is 5.56 Å². The molecular formula is C21H29N3O4. The molecule has 0 saturated carbocycles. The highest BCUT2D eigenvalue weighted by molar-refractivity contribution is 5.98. The molecule has 0 radical (unpaired) electrons. The van der Waals surface area contributed by atoms with Crippen LogP contribution in [0.2, 0.25) is 0 Å². The fourth-order valence-corrected chi connectivity index (χ4v) is 4.68. The molecule has 0 bridgehead atoms. The second-order valence-corrected chi connectivity index (χ2v) is 7.90. The van der Waals surface area contributed by atoms with E-state index in [-0.39, 0.29) is 29.3 Å². The average Bonchev–Trinajstić information content (AvgIpc) is 2.97. The molecule has 1 aromatic carbocycles. The van der Waals surface area contributed by atoms with Crippen LogP contribution in [0.5, 0.6) is 5.75 Å². The van der Waals surface area contributed by atoms with Crippen molar-refractivity contribution in [1.29, 1.82) is 0 Å². The first-order chi connectivity index (χ1) is 13.3. The summed E-state index contributed by atoms with van der Waals surface area (Å²) in [6, 6.07) is 5.48. The first-order valence-corrected chi connectivity index (χ1v) is 9.75. The van der Waals surface area contributed by atoms with Crippen molar-refractivity contribution in [3.8, 4) is 5.75 Å². The van der Waals surface area contributed by atoms with Crippen molar-refractivity contribution in [2.45, 2.75) is 51.6 Å². The van der Waals surface area contributed by atoms with Crippen LogP contribution < -0.4 is 10.1 Å². The lowest BCUT2D eigenvalue weighted by Gasteiger charge is -2.44. The van der Waals surface area contributed by atoms with Crippen LogP contribution in [0, 0.1) is 6.92 Å². The lowest BCUT2D eigenvalue weighted by molar-refractivity contribution is -0.131. The number of amides is 3. The van der Waals surface area contributed by atoms with E-state index in [1.165, 1.54) is 6.92 Å². The molecule has 1 unspecified atom stereocenters. The van der Waals surface area contributed by atoms with Crippen molar-refractivity contribution >= 4 is 17.7 Å². The molecule has 28 heavy (non-hydrogen) atoms. The second kappa shape index (κ2) is 7.81. The highest BCUT2D eigenvalue weighted by Gasteiger charge is 2.50. The Bertz CT molecular complexity index is 784. The van der Waals surface area contributed by atoms with E-state index in [9.17, 15) is 14.4 Å². The normalized spacial score (nSPS) is 20.9. The van der Waals surface area contributed by atoms with Crippen LogP contribution in [0.25, 0.3) is 0 Å². The lowest BCUT2D eigenvalue weighted by Crippen LogP contribution is -2.54. The van der Waals surface area contributed by atoms with Gasteiger partial charge in [-0.3, -0.25) is 14.4 Å². The minimum Gasteiger partial charge on any atom is -0.496 e. The maximum atomic E-state index is 13.6. The van der Waals surface area contributed by atoms with Gasteiger partial charge >= 0.3 is 0 Å². The number of hydrogen-bond acceptors (Lipinski definition) is 4. The average molecular weight is 387 g/mol. The van der Waals surface area contributed by atoms with Crippen molar-refractivity contribution in [3.63, 3.8) is 0 Å². The molecule has 3 rings (SSSR count). The Morgan fingerprint density at radius 2 is 1.86 bits per heavy atom. The molecule has 7 heteroatoms. The molecule has 7 nitrogen and oxygen atoms in total. The molecule has 2 heterocycles. The summed E-state index contributed by atoms with van der Waals surface area (Å²) in [5.41, 5.74) is 1.09. The topological polar surface area (TPSA) is 79.0 Å². The first kappa shape index (κ1) is 20.2. The monoisotopic (exact) mass is 387 g/mol. The summed E-state index contributed by atoms with van der Waals surface area (Å²) < 4.78 is 5.50. The van der Waals surface area contributed by atoms with Gasteiger partial charge in [0, 0.05) is 45.1 Å². The molecule has 1 spiro atoms. The van der Waals surface area contributed by atoms with Crippen molar-refractivity contribution in [3.05, 3.63) is 29.3 Å². The van der Waals surface area contributed by atoms with Gasteiger partial charge in [-0.2, -0.15) is 0 Å². The molecular weight excluding hydrogens is 358 g/mol. The van der Waals surface area contributed by atoms with Gasteiger partial charge in [-0.1, -0.05) is 12.1 Å². The number of methoxy groups -OCH3 is 1. The third-order valence-corrected chi connectivity index (χ3v) is 6.04. The minimum atomic E-state index is -0.356. The van der Waals surface area contributed by atoms with Crippen LogP contribution in [-0.4, -0.2) is 65.8 Å². The SMILES string of the molecule is COc1c(C)cccc1C(=O)N1CC(NC(C)=O)CC12CCN(C(C)=O)CC2. The molecule has 1 atom stereocenters. The van der Waals surface area contributed by atoms with E-state index >= 15 is 0 Å². The summed E-state index contributed by atoms with van der Waals surface area (Å²) in [4.78, 5) is 40.6. The van der Waals surface area contributed by atoms with Crippen LogP contribution in [0.4, 0.5) is 0 Å². The molecule has 1 aromatic rings. The fraction of sp³-hybridized carbons (Fsp3) is 0.571. The van der Waals surface area contributed by atoms with Crippen LogP contribution in [-0.2, 0) is 9.59 Å². The molecule has 1 N–H and O–H groups in total. The van der Waals surface area contributed by atoms with E-state index in [1.807, 2.05) is 28.9 Å². The number of para-hydroxylation sites is 1. The van der Waals surface area contributed by atoms with Gasteiger partial charge in [0.05, 0.1) is 12.7 Å². The number of likely N-dealkylation sites (tertiary alicyclic amines) is 2. The van der Waals surface area contributed by atoms with E-state index in [2.05, 4.69) is 5.32 Å². The maximum Gasteiger partial charge on any atom is 0.258 e. The number of ether oxygens (including phenoxy) is 1. The highest BCUT2D eigenvalue weighted by atomic mass is 16.5. The Labute approximate surface area is 166 Å². The third-order valence-electron chi connectivity index (χ3n) is 6.04. The number of nitrogens with zero attached hydrogens (tertiary/aromatic N) is 2. The summed E-state index contributed by atoms with van der Waals surface area (Å²) >= 11 is 0. The Hall–Kier alpha value is -2.57. The Morgan fingerprint density at radius 3 is 2.43 bits per heavy atom. The van der Waals surface area contributed by atoms with Gasteiger partial charge in [0.15, 0.2) is 0 Å². The fourth-order valence-electron chi connectivity index (χ4n) is 4.68. The molecule has 2 aliphatic rings. The smallest absolute Gasteiger partial charge is 0.258 e. The summed E-state index contributed by atoms with van der Waals surface area (Å²) in [7, 11) is 1.57. The third kappa shape index (κ3) is 3.70. The van der Waals surface area contributed by atoms with Gasteiger partial charge in [0.1, 0.15) is 5.75 Å². The largest absolute Gasteiger partial charge is 0.496 e. The molecule has 3 amide bonds. The summed E-state index contributed by atoms with van der Waals surface area (Å²) in [6.07, 6.45) is 2.13. The predicted octanol–water partition coefficient (Wildman–Crippen LogP) is 1.74. The molecule has 2 saturated heterocycles. The van der Waals surface area contributed by atoms with E-state index in [4.69, 9.17) is 4.74 Å². The lowest BCUT2D eigenvalue weighted by atomic mass is 9.83. The van der Waals surface area contributed by atoms with Gasteiger partial charge in [-0.15, -0.1) is 0 Å². The number of carbonyl (C=O) groups is 3. The highest BCUT2D eigenvalue weighted by Crippen LogP contribution is 2.40. The Balaban J connectivity index is 1.92. The van der Waals surface area contributed by atoms with Crippen molar-refractivity contribution in [2.24, 2.45) is 0 Å². The number of piperidine rings is 1. The van der Waals surface area contributed by atoms with Gasteiger partial charge in [-0.05, 0) is 37.8 Å². The summed E-state index contributed by atoms with van der Waals surface area (Å²) in [6.45, 7) is 6.70. The standard InChI is InChI=1S/C21H29N3O4/c1-14-6-5-7-18(19(14)28-4)20(27)24-13-17(22-15(2)25)12-21(24)8-10-23(11-9-21)16(3)26/h5-7,17H,8-13H2,1-4H3,(H,22,25). The first-order valence-electron chi connectivity index (χ1n) is 9.75. The second-order valence-electron chi connectivity index (χ2n) is 7.90. The number of benzene rings is 1. The molecule has 2 aliphatic heterocycles. The van der Waals surface area contributed by atoms with Crippen LogP contribution in [0.1, 0.15) is 49.0 Å². The van der Waals surface area contributed by atoms with Crippen molar-refractivity contribution < 1.29 is 19.1 Å². The van der Waals surface area contributed by atoms with E-state index in [0.29, 0.717) is 50.2 Å². The maximum absolute atomic E-state index is 13.6. The van der Waals surface area contributed by atoms with Gasteiger partial charge in [0.25, 0.3) is 5.91 Å². The molecule has 0 aromatic heterocycles. The van der Waals surface area contributed by atoms with E-state index in [1.54, 1.807) is 20.1 Å². The predicted molar refractivity (Wildman–Crippen MR) is 105 cm³/mol. The number of rotatable bonds is 3.